The number of halogens is 1. The Labute approximate surface area is 178 Å². The molecule has 2 heterocycles. The summed E-state index contributed by atoms with van der Waals surface area (Å²) >= 11 is 0. The topological polar surface area (TPSA) is 32.3 Å². The number of nitrogens with one attached hydrogen (secondary N) is 1. The highest BCUT2D eigenvalue weighted by Crippen LogP contribution is 2.39. The van der Waals surface area contributed by atoms with E-state index in [-0.39, 0.29) is 11.7 Å². The van der Waals surface area contributed by atoms with Crippen molar-refractivity contribution in [3.05, 3.63) is 70.0 Å². The van der Waals surface area contributed by atoms with E-state index in [0.29, 0.717) is 17.8 Å². The lowest BCUT2D eigenvalue weighted by atomic mass is 9.76. The predicted octanol–water partition coefficient (Wildman–Crippen LogP) is 4.83. The maximum absolute atomic E-state index is 13.4. The summed E-state index contributed by atoms with van der Waals surface area (Å²) in [7, 11) is 0. The van der Waals surface area contributed by atoms with Crippen LogP contribution in [0.25, 0.3) is 0 Å². The van der Waals surface area contributed by atoms with Crippen LogP contribution < -0.4 is 5.32 Å². The molecule has 0 spiro atoms. The molecule has 1 atom stereocenters. The molecule has 3 aliphatic rings. The first kappa shape index (κ1) is 19.7. The first-order chi connectivity index (χ1) is 14.6. The van der Waals surface area contributed by atoms with Gasteiger partial charge >= 0.3 is 0 Å². The zero-order chi connectivity index (χ0) is 20.7. The van der Waals surface area contributed by atoms with Gasteiger partial charge in [-0.3, -0.25) is 4.79 Å². The van der Waals surface area contributed by atoms with Crippen LogP contribution in [0.2, 0.25) is 0 Å². The Morgan fingerprint density at radius 1 is 1.10 bits per heavy atom. The molecule has 3 nitrogen and oxygen atoms in total. The van der Waals surface area contributed by atoms with Crippen LogP contribution in [-0.4, -0.2) is 30.4 Å². The molecule has 2 aromatic rings. The summed E-state index contributed by atoms with van der Waals surface area (Å²) in [6.07, 6.45) is 5.77. The number of piperidine rings is 1. The molecule has 5 rings (SSSR count). The molecule has 1 amide bonds. The quantitative estimate of drug-likeness (QED) is 0.746. The predicted molar refractivity (Wildman–Crippen MR) is 117 cm³/mol. The average Bonchev–Trinajstić information content (AvgIpc) is 3.51. The fourth-order valence-corrected chi connectivity index (χ4v) is 5.41. The minimum absolute atomic E-state index is 0.181. The number of hydrogen-bond acceptors (Lipinski definition) is 2. The summed E-state index contributed by atoms with van der Waals surface area (Å²) in [6.45, 7) is 5.88. The van der Waals surface area contributed by atoms with Crippen molar-refractivity contribution < 1.29 is 9.18 Å². The summed E-state index contributed by atoms with van der Waals surface area (Å²) in [4.78, 5) is 15.0. The zero-order valence-electron chi connectivity index (χ0n) is 17.8. The van der Waals surface area contributed by atoms with Crippen LogP contribution in [0.15, 0.2) is 36.4 Å². The summed E-state index contributed by atoms with van der Waals surface area (Å²) < 4.78 is 13.4. The molecule has 2 aliphatic heterocycles. The Kier molecular flexibility index (Phi) is 5.36. The van der Waals surface area contributed by atoms with E-state index in [2.05, 4.69) is 29.3 Å². The molecule has 2 aromatic carbocycles. The number of aryl methyl sites for hydroxylation is 1. The molecule has 1 saturated carbocycles. The van der Waals surface area contributed by atoms with E-state index >= 15 is 0 Å². The molecule has 0 radical (unpaired) electrons. The number of rotatable bonds is 6. The van der Waals surface area contributed by atoms with E-state index < -0.39 is 0 Å². The van der Waals surface area contributed by atoms with Gasteiger partial charge in [-0.15, -0.1) is 0 Å². The standard InChI is InChI=1S/C26H31FN2O/c1-17-12-21(14-22-16-29(15-19-2-3-19)26(30)25(17)22)24(20-8-10-28-11-9-20)13-18-4-6-23(27)7-5-18/h4-7,12,14,19-20,24,28H,2-3,8-11,13,15-16H2,1H3. The third-order valence-electron chi connectivity index (χ3n) is 7.23. The van der Waals surface area contributed by atoms with Crippen LogP contribution >= 0.6 is 0 Å². The number of fused-ring (bicyclic) bond motifs is 1. The fraction of sp³-hybridized carbons (Fsp3) is 0.500. The molecule has 0 aromatic heterocycles. The Morgan fingerprint density at radius 2 is 1.83 bits per heavy atom. The molecule has 4 heteroatoms. The summed E-state index contributed by atoms with van der Waals surface area (Å²) in [5.74, 6) is 1.75. The smallest absolute Gasteiger partial charge is 0.254 e. The number of hydrogen-bond donors (Lipinski definition) is 1. The van der Waals surface area contributed by atoms with Gasteiger partial charge in [-0.2, -0.15) is 0 Å². The fourth-order valence-electron chi connectivity index (χ4n) is 5.41. The molecular formula is C26H31FN2O. The number of carbonyl (C=O) groups is 1. The van der Waals surface area contributed by atoms with Crippen molar-refractivity contribution in [1.29, 1.82) is 0 Å². The zero-order valence-corrected chi connectivity index (χ0v) is 17.8. The maximum atomic E-state index is 13.4. The highest BCUT2D eigenvalue weighted by Gasteiger charge is 2.35. The van der Waals surface area contributed by atoms with Gasteiger partial charge in [0.15, 0.2) is 0 Å². The molecule has 1 saturated heterocycles. The first-order valence-corrected chi connectivity index (χ1v) is 11.5. The molecule has 158 valence electrons. The van der Waals surface area contributed by atoms with Crippen LogP contribution in [0.1, 0.15) is 64.2 Å². The van der Waals surface area contributed by atoms with E-state index in [1.54, 1.807) is 12.1 Å². The summed E-state index contributed by atoms with van der Waals surface area (Å²) in [5, 5.41) is 3.48. The van der Waals surface area contributed by atoms with Gasteiger partial charge in [0.1, 0.15) is 5.82 Å². The van der Waals surface area contributed by atoms with Gasteiger partial charge in [-0.1, -0.05) is 24.3 Å². The van der Waals surface area contributed by atoms with Gasteiger partial charge in [-0.05, 0) is 104 Å². The molecule has 1 N–H and O–H groups in total. The summed E-state index contributed by atoms with van der Waals surface area (Å²) in [5.41, 5.74) is 5.79. The SMILES string of the molecule is Cc1cc(C(Cc2ccc(F)cc2)C2CCNCC2)cc2c1C(=O)N(CC1CC1)C2. The third kappa shape index (κ3) is 4.02. The van der Waals surface area contributed by atoms with E-state index in [9.17, 15) is 9.18 Å². The Morgan fingerprint density at radius 3 is 2.53 bits per heavy atom. The molecular weight excluding hydrogens is 375 g/mol. The lowest BCUT2D eigenvalue weighted by Gasteiger charge is -2.32. The number of benzene rings is 2. The average molecular weight is 407 g/mol. The van der Waals surface area contributed by atoms with Crippen LogP contribution in [0.3, 0.4) is 0 Å². The number of nitrogens with zero attached hydrogens (tertiary/aromatic N) is 1. The first-order valence-electron chi connectivity index (χ1n) is 11.5. The second-order valence-corrected chi connectivity index (χ2v) is 9.53. The van der Waals surface area contributed by atoms with Crippen molar-refractivity contribution in [1.82, 2.24) is 10.2 Å². The van der Waals surface area contributed by atoms with Gasteiger partial charge in [-0.25, -0.2) is 4.39 Å². The van der Waals surface area contributed by atoms with Crippen LogP contribution in [0.5, 0.6) is 0 Å². The van der Waals surface area contributed by atoms with Gasteiger partial charge in [0.2, 0.25) is 0 Å². The van der Waals surface area contributed by atoms with Crippen molar-refractivity contribution in [2.24, 2.45) is 11.8 Å². The van der Waals surface area contributed by atoms with Crippen molar-refractivity contribution in [2.45, 2.75) is 51.5 Å². The van der Waals surface area contributed by atoms with E-state index in [4.69, 9.17) is 0 Å². The second-order valence-electron chi connectivity index (χ2n) is 9.53. The molecule has 30 heavy (non-hydrogen) atoms. The van der Waals surface area contributed by atoms with Gasteiger partial charge in [0.25, 0.3) is 5.91 Å². The monoisotopic (exact) mass is 406 g/mol. The summed E-state index contributed by atoms with van der Waals surface area (Å²) in [6, 6.07) is 11.5. The third-order valence-corrected chi connectivity index (χ3v) is 7.23. The maximum Gasteiger partial charge on any atom is 0.254 e. The number of amides is 1. The van der Waals surface area contributed by atoms with E-state index in [1.165, 1.54) is 29.5 Å². The minimum Gasteiger partial charge on any atom is -0.334 e. The van der Waals surface area contributed by atoms with Gasteiger partial charge < -0.3 is 10.2 Å². The van der Waals surface area contributed by atoms with Crippen molar-refractivity contribution in [3.8, 4) is 0 Å². The molecule has 1 aliphatic carbocycles. The second kappa shape index (κ2) is 8.14. The molecule has 2 fully saturated rings. The van der Waals surface area contributed by atoms with Crippen LogP contribution in [0, 0.1) is 24.6 Å². The lowest BCUT2D eigenvalue weighted by Crippen LogP contribution is -2.31. The number of carbonyl (C=O) groups excluding carboxylic acids is 1. The van der Waals surface area contributed by atoms with Crippen LogP contribution in [0.4, 0.5) is 4.39 Å². The van der Waals surface area contributed by atoms with Crippen molar-refractivity contribution >= 4 is 5.91 Å². The normalized spacial score (nSPS) is 20.5. The largest absolute Gasteiger partial charge is 0.334 e. The Bertz CT molecular complexity index is 929. The Hall–Kier alpha value is -2.20. The highest BCUT2D eigenvalue weighted by atomic mass is 19.1. The van der Waals surface area contributed by atoms with E-state index in [0.717, 1.165) is 56.6 Å². The van der Waals surface area contributed by atoms with Crippen molar-refractivity contribution in [3.63, 3.8) is 0 Å². The molecule has 1 unspecified atom stereocenters. The van der Waals surface area contributed by atoms with Crippen molar-refractivity contribution in [2.75, 3.05) is 19.6 Å². The van der Waals surface area contributed by atoms with Gasteiger partial charge in [0.05, 0.1) is 0 Å². The van der Waals surface area contributed by atoms with E-state index in [1.807, 2.05) is 12.1 Å². The van der Waals surface area contributed by atoms with Gasteiger partial charge in [0, 0.05) is 18.7 Å². The lowest BCUT2D eigenvalue weighted by molar-refractivity contribution is 0.0770. The molecule has 0 bridgehead atoms. The highest BCUT2D eigenvalue weighted by molar-refractivity contribution is 5.99. The van der Waals surface area contributed by atoms with Crippen LogP contribution in [-0.2, 0) is 13.0 Å². The Balaban J connectivity index is 1.45. The minimum atomic E-state index is -0.181.